The van der Waals surface area contributed by atoms with Crippen LogP contribution in [0.15, 0.2) is 48.5 Å². The van der Waals surface area contributed by atoms with Crippen LogP contribution in [-0.4, -0.2) is 35.9 Å². The molecule has 2 aromatic carbocycles. The van der Waals surface area contributed by atoms with Crippen LogP contribution < -0.4 is 20.5 Å². The predicted octanol–water partition coefficient (Wildman–Crippen LogP) is 3.63. The molecule has 3 N–H and O–H groups in total. The number of hydrogen-bond donors (Lipinski definition) is 2. The Hall–Kier alpha value is -4.32. The first-order valence-corrected chi connectivity index (χ1v) is 10.8. The number of nitrogen functional groups attached to an aromatic ring is 1. The van der Waals surface area contributed by atoms with Gasteiger partial charge in [-0.1, -0.05) is 6.07 Å². The molecule has 0 spiro atoms. The average Bonchev–Trinajstić information content (AvgIpc) is 3.16. The van der Waals surface area contributed by atoms with Gasteiger partial charge in [0.1, 0.15) is 23.3 Å². The zero-order valence-electron chi connectivity index (χ0n) is 19.0. The first-order valence-electron chi connectivity index (χ1n) is 10.8. The lowest BCUT2D eigenvalue weighted by Crippen LogP contribution is -2.22. The van der Waals surface area contributed by atoms with E-state index in [1.54, 1.807) is 25.3 Å². The number of ether oxygens (including phenoxy) is 2. The number of nitrogens with two attached hydrogens (primary N) is 1. The molecule has 0 atom stereocenters. The molecule has 1 aromatic heterocycles. The van der Waals surface area contributed by atoms with Crippen molar-refractivity contribution in [2.24, 2.45) is 0 Å². The monoisotopic (exact) mass is 463 g/mol. The van der Waals surface area contributed by atoms with E-state index in [2.05, 4.69) is 16.5 Å². The number of aryl methyl sites for hydroxylation is 1. The largest absolute Gasteiger partial charge is 0.493 e. The number of rotatable bonds is 10. The molecule has 8 nitrogen and oxygen atoms in total. The van der Waals surface area contributed by atoms with Gasteiger partial charge in [-0.05, 0) is 67.8 Å². The lowest BCUT2D eigenvalue weighted by atomic mass is 10.1. The number of carbonyl (C=O) groups excluding carboxylic acids is 1. The van der Waals surface area contributed by atoms with E-state index < -0.39 is 0 Å². The lowest BCUT2D eigenvalue weighted by Gasteiger charge is -2.09. The van der Waals surface area contributed by atoms with E-state index >= 15 is 0 Å². The minimum absolute atomic E-state index is 0.196. The van der Waals surface area contributed by atoms with Crippen LogP contribution in [0.4, 0.5) is 10.2 Å². The van der Waals surface area contributed by atoms with Crippen LogP contribution in [0.1, 0.15) is 30.2 Å². The summed E-state index contributed by atoms with van der Waals surface area (Å²) in [7, 11) is 1.56. The smallest absolute Gasteiger partial charge is 0.243 e. The second-order valence-electron chi connectivity index (χ2n) is 7.28. The normalized spacial score (nSPS) is 10.8. The Morgan fingerprint density at radius 1 is 1.26 bits per heavy atom. The number of amides is 1. The van der Waals surface area contributed by atoms with Gasteiger partial charge in [0.05, 0.1) is 25.1 Å². The number of benzene rings is 2. The van der Waals surface area contributed by atoms with Crippen molar-refractivity contribution < 1.29 is 18.7 Å². The van der Waals surface area contributed by atoms with Crippen LogP contribution in [0.3, 0.4) is 0 Å². The van der Waals surface area contributed by atoms with Gasteiger partial charge in [-0.3, -0.25) is 4.79 Å². The molecule has 0 saturated carbocycles. The third-order valence-corrected chi connectivity index (χ3v) is 4.98. The van der Waals surface area contributed by atoms with E-state index in [9.17, 15) is 14.4 Å². The molecule has 34 heavy (non-hydrogen) atoms. The Labute approximate surface area is 197 Å². The highest BCUT2D eigenvalue weighted by molar-refractivity contribution is 5.91. The number of methoxy groups -OCH3 is 1. The minimum Gasteiger partial charge on any atom is -0.493 e. The van der Waals surface area contributed by atoms with Crippen LogP contribution in [0.5, 0.6) is 11.5 Å². The fraction of sp³-hybridized carbons (Fsp3) is 0.240. The quantitative estimate of drug-likeness (QED) is 0.350. The summed E-state index contributed by atoms with van der Waals surface area (Å²) in [6.07, 6.45) is 4.13. The van der Waals surface area contributed by atoms with E-state index in [0.717, 1.165) is 5.56 Å². The van der Waals surface area contributed by atoms with Crippen molar-refractivity contribution in [2.45, 2.75) is 19.8 Å². The molecule has 3 rings (SSSR count). The number of hydrogen-bond acceptors (Lipinski definition) is 6. The van der Waals surface area contributed by atoms with Gasteiger partial charge in [-0.15, -0.1) is 0 Å². The Morgan fingerprint density at radius 3 is 2.71 bits per heavy atom. The highest BCUT2D eigenvalue weighted by atomic mass is 19.1. The average molecular weight is 464 g/mol. The standard InChI is InChI=1S/C25H26FN5O3/c1-3-34-22-12-6-17(15-23(22)33-2)7-13-24(32)29-14-4-5-21-20(16-27)25(28)31(30-21)19-10-8-18(26)9-11-19/h6-13,15H,3-5,14,28H2,1-2H3,(H,29,32)/b13-7+. The van der Waals surface area contributed by atoms with Crippen molar-refractivity contribution in [3.8, 4) is 23.3 Å². The number of carbonyl (C=O) groups is 1. The zero-order chi connectivity index (χ0) is 24.5. The number of aromatic nitrogens is 2. The van der Waals surface area contributed by atoms with Crippen LogP contribution in [0, 0.1) is 17.1 Å². The fourth-order valence-electron chi connectivity index (χ4n) is 3.32. The van der Waals surface area contributed by atoms with Crippen molar-refractivity contribution in [3.63, 3.8) is 0 Å². The van der Waals surface area contributed by atoms with Crippen LogP contribution in [0.2, 0.25) is 0 Å². The first kappa shape index (κ1) is 24.3. The second kappa shape index (κ2) is 11.5. The molecule has 0 unspecified atom stereocenters. The van der Waals surface area contributed by atoms with Crippen LogP contribution >= 0.6 is 0 Å². The molecule has 0 fully saturated rings. The van der Waals surface area contributed by atoms with Gasteiger partial charge in [0.2, 0.25) is 5.91 Å². The van der Waals surface area contributed by atoms with Gasteiger partial charge < -0.3 is 20.5 Å². The summed E-state index contributed by atoms with van der Waals surface area (Å²) in [5.74, 6) is 0.816. The van der Waals surface area contributed by atoms with Crippen molar-refractivity contribution in [1.82, 2.24) is 15.1 Å². The number of nitrogens with zero attached hydrogens (tertiary/aromatic N) is 3. The second-order valence-corrected chi connectivity index (χ2v) is 7.28. The lowest BCUT2D eigenvalue weighted by molar-refractivity contribution is -0.116. The summed E-state index contributed by atoms with van der Waals surface area (Å²) < 4.78 is 25.4. The highest BCUT2D eigenvalue weighted by Crippen LogP contribution is 2.28. The molecule has 3 aromatic rings. The summed E-state index contributed by atoms with van der Waals surface area (Å²) in [5.41, 5.74) is 8.23. The van der Waals surface area contributed by atoms with Crippen molar-refractivity contribution in [2.75, 3.05) is 26.0 Å². The van der Waals surface area contributed by atoms with E-state index in [0.29, 0.717) is 48.9 Å². The third kappa shape index (κ3) is 5.92. The summed E-state index contributed by atoms with van der Waals surface area (Å²) in [5, 5.41) is 16.7. The minimum atomic E-state index is -0.373. The van der Waals surface area contributed by atoms with E-state index in [-0.39, 0.29) is 23.1 Å². The highest BCUT2D eigenvalue weighted by Gasteiger charge is 2.16. The van der Waals surface area contributed by atoms with E-state index in [1.807, 2.05) is 13.0 Å². The molecule has 0 aliphatic heterocycles. The van der Waals surface area contributed by atoms with Gasteiger partial charge in [0, 0.05) is 12.6 Å². The fourth-order valence-corrected chi connectivity index (χ4v) is 3.32. The molecule has 0 bridgehead atoms. The number of nitriles is 1. The molecular weight excluding hydrogens is 437 g/mol. The predicted molar refractivity (Wildman–Crippen MR) is 127 cm³/mol. The first-order chi connectivity index (χ1) is 16.5. The van der Waals surface area contributed by atoms with Crippen LogP contribution in [0.25, 0.3) is 11.8 Å². The number of anilines is 1. The maximum absolute atomic E-state index is 13.2. The molecule has 176 valence electrons. The summed E-state index contributed by atoms with van der Waals surface area (Å²) in [6, 6.07) is 13.2. The Morgan fingerprint density at radius 2 is 2.03 bits per heavy atom. The molecule has 1 amide bonds. The van der Waals surface area contributed by atoms with Gasteiger partial charge in [0.25, 0.3) is 0 Å². The maximum atomic E-state index is 13.2. The molecule has 1 heterocycles. The summed E-state index contributed by atoms with van der Waals surface area (Å²) in [4.78, 5) is 12.2. The topological polar surface area (TPSA) is 115 Å². The summed E-state index contributed by atoms with van der Waals surface area (Å²) >= 11 is 0. The summed E-state index contributed by atoms with van der Waals surface area (Å²) in [6.45, 7) is 2.82. The zero-order valence-corrected chi connectivity index (χ0v) is 19.0. The van der Waals surface area contributed by atoms with Crippen LogP contribution in [-0.2, 0) is 11.2 Å². The molecule has 0 radical (unpaired) electrons. The van der Waals surface area contributed by atoms with Crippen molar-refractivity contribution in [1.29, 1.82) is 5.26 Å². The molecular formula is C25H26FN5O3. The Kier molecular flexibility index (Phi) is 8.24. The number of nitrogens with one attached hydrogen (secondary N) is 1. The molecule has 9 heteroatoms. The molecule has 0 aliphatic rings. The van der Waals surface area contributed by atoms with Crippen molar-refractivity contribution in [3.05, 3.63) is 71.2 Å². The Balaban J connectivity index is 1.55. The van der Waals surface area contributed by atoms with Gasteiger partial charge >= 0.3 is 0 Å². The molecule has 0 aliphatic carbocycles. The molecule has 0 saturated heterocycles. The van der Waals surface area contributed by atoms with Gasteiger partial charge in [-0.25, -0.2) is 9.07 Å². The Bertz CT molecular complexity index is 1210. The van der Waals surface area contributed by atoms with Gasteiger partial charge in [0.15, 0.2) is 11.5 Å². The third-order valence-electron chi connectivity index (χ3n) is 4.98. The van der Waals surface area contributed by atoms with Crippen molar-refractivity contribution >= 4 is 17.8 Å². The van der Waals surface area contributed by atoms with E-state index in [4.69, 9.17) is 15.2 Å². The SMILES string of the molecule is CCOc1ccc(/C=C/C(=O)NCCCc2nn(-c3ccc(F)cc3)c(N)c2C#N)cc1OC. The number of halogens is 1. The van der Waals surface area contributed by atoms with E-state index in [1.165, 1.54) is 35.0 Å². The van der Waals surface area contributed by atoms with Gasteiger partial charge in [-0.2, -0.15) is 10.4 Å². The maximum Gasteiger partial charge on any atom is 0.243 e.